The summed E-state index contributed by atoms with van der Waals surface area (Å²) >= 11 is 6.67. The number of carbonyl (C=O) groups is 1. The topological polar surface area (TPSA) is 73.6 Å². The second-order valence-corrected chi connectivity index (χ2v) is 13.5. The Hall–Kier alpha value is -3.03. The highest BCUT2D eigenvalue weighted by Gasteiger charge is 2.49. The second-order valence-electron chi connectivity index (χ2n) is 13.1. The van der Waals surface area contributed by atoms with E-state index in [1.165, 1.54) is 101 Å². The number of likely N-dealkylation sites (tertiary alicyclic amines) is 1. The number of hydrogen-bond acceptors (Lipinski definition) is 4. The Morgan fingerprint density at radius 1 is 1.02 bits per heavy atom. The molecule has 1 atom stereocenters. The number of hydrogen-bond donors (Lipinski definition) is 2. The van der Waals surface area contributed by atoms with Crippen molar-refractivity contribution in [2.45, 2.75) is 84.6 Å². The van der Waals surface area contributed by atoms with Crippen molar-refractivity contribution in [1.82, 2.24) is 19.8 Å². The number of nitrogens with zero attached hydrogens (tertiary/aromatic N) is 4. The highest BCUT2D eigenvalue weighted by Crippen LogP contribution is 2.52. The number of piperidine rings is 1. The number of rotatable bonds is 9. The number of imidazole rings is 1. The number of aromatic nitrogens is 2. The molecule has 2 saturated heterocycles. The Morgan fingerprint density at radius 2 is 1.65 bits per heavy atom. The fourth-order valence-corrected chi connectivity index (χ4v) is 8.29. The third kappa shape index (κ3) is 8.65. The van der Waals surface area contributed by atoms with Crippen LogP contribution in [0.1, 0.15) is 76.2 Å². The van der Waals surface area contributed by atoms with Crippen molar-refractivity contribution < 1.29 is 9.90 Å². The van der Waals surface area contributed by atoms with E-state index >= 15 is 0 Å². The maximum absolute atomic E-state index is 9.26. The maximum atomic E-state index is 9.26. The molecule has 8 heteroatoms. The van der Waals surface area contributed by atoms with Gasteiger partial charge in [-0.25, -0.2) is 9.78 Å². The first kappa shape index (κ1) is 35.8. The van der Waals surface area contributed by atoms with E-state index in [0.29, 0.717) is 11.8 Å². The molecule has 252 valence electrons. The van der Waals surface area contributed by atoms with Crippen LogP contribution in [0, 0.1) is 24.7 Å². The van der Waals surface area contributed by atoms with Crippen LogP contribution >= 0.6 is 11.6 Å². The Balaban J connectivity index is 0.000000628. The zero-order valence-corrected chi connectivity index (χ0v) is 29.5. The maximum Gasteiger partial charge on any atom is 0.404 e. The molecule has 0 radical (unpaired) electrons. The fourth-order valence-electron chi connectivity index (χ4n) is 8.10. The minimum absolute atomic E-state index is 0.108. The highest BCUT2D eigenvalue weighted by atomic mass is 35.5. The van der Waals surface area contributed by atoms with E-state index in [-0.39, 0.29) is 5.41 Å². The number of aryl methyl sites for hydroxylation is 2. The molecule has 0 bridgehead atoms. The van der Waals surface area contributed by atoms with Crippen molar-refractivity contribution in [1.29, 1.82) is 0 Å². The van der Waals surface area contributed by atoms with Crippen LogP contribution in [0.3, 0.4) is 0 Å². The SMILES string of the molecule is CC.CCc1nccn1CC(c1cccc(Cl)c1)(C1CCCC1)C1CCN(CC2CN(c3ccc(C)cc3)C2)CC1.CNC(=O)O. The van der Waals surface area contributed by atoms with Gasteiger partial charge in [-0.3, -0.25) is 0 Å². The summed E-state index contributed by atoms with van der Waals surface area (Å²) in [5.74, 6) is 3.36. The van der Waals surface area contributed by atoms with Crippen LogP contribution in [-0.2, 0) is 18.4 Å². The van der Waals surface area contributed by atoms with Crippen molar-refractivity contribution in [3.05, 3.63) is 82.9 Å². The van der Waals surface area contributed by atoms with E-state index < -0.39 is 6.09 Å². The second kappa shape index (κ2) is 17.2. The van der Waals surface area contributed by atoms with Crippen LogP contribution in [0.15, 0.2) is 60.9 Å². The third-order valence-corrected chi connectivity index (χ3v) is 10.6. The third-order valence-electron chi connectivity index (χ3n) is 10.4. The molecule has 3 aromatic rings. The minimum atomic E-state index is -0.995. The summed E-state index contributed by atoms with van der Waals surface area (Å²) in [5.41, 5.74) is 4.29. The van der Waals surface area contributed by atoms with Crippen molar-refractivity contribution in [3.63, 3.8) is 0 Å². The summed E-state index contributed by atoms with van der Waals surface area (Å²) in [6.45, 7) is 15.5. The molecule has 3 aliphatic rings. The lowest BCUT2D eigenvalue weighted by atomic mass is 9.59. The molecule has 7 nitrogen and oxygen atoms in total. The van der Waals surface area contributed by atoms with Crippen molar-refractivity contribution in [2.75, 3.05) is 44.7 Å². The Labute approximate surface area is 282 Å². The summed E-state index contributed by atoms with van der Waals surface area (Å²) < 4.78 is 2.47. The number of halogens is 1. The standard InChI is InChI=1S/C34H45ClN4.C2H5NO2.C2H6/c1-3-33-36-17-20-38(33)25-34(28-7-4-5-8-28,30-9-6-10-31(35)21-30)29-15-18-37(19-16-29)22-27-23-39(24-27)32-13-11-26(2)12-14-32;1-3-2(4)5;1-2/h6,9-14,17,20-21,27-29H,3-5,7-8,15-16,18-19,22-25H2,1-2H3;3H,1H3,(H,4,5);1-2H3. The van der Waals surface area contributed by atoms with Gasteiger partial charge < -0.3 is 24.8 Å². The number of nitrogens with one attached hydrogen (secondary N) is 1. The van der Waals surface area contributed by atoms with Crippen LogP contribution in [0.5, 0.6) is 0 Å². The highest BCUT2D eigenvalue weighted by molar-refractivity contribution is 6.30. The van der Waals surface area contributed by atoms with E-state index in [1.54, 1.807) is 0 Å². The smallest absolute Gasteiger partial charge is 0.404 e. The number of carboxylic acid groups (broad SMARTS) is 1. The first-order valence-electron chi connectivity index (χ1n) is 17.5. The van der Waals surface area contributed by atoms with Gasteiger partial charge in [0, 0.05) is 74.1 Å². The van der Waals surface area contributed by atoms with Gasteiger partial charge in [0.1, 0.15) is 5.82 Å². The van der Waals surface area contributed by atoms with Crippen LogP contribution < -0.4 is 10.2 Å². The van der Waals surface area contributed by atoms with Gasteiger partial charge in [-0.15, -0.1) is 0 Å². The zero-order chi connectivity index (χ0) is 33.1. The minimum Gasteiger partial charge on any atom is -0.465 e. The van der Waals surface area contributed by atoms with Gasteiger partial charge >= 0.3 is 6.09 Å². The number of anilines is 1. The largest absolute Gasteiger partial charge is 0.465 e. The Kier molecular flexibility index (Phi) is 13.4. The lowest BCUT2D eigenvalue weighted by molar-refractivity contribution is 0.0641. The molecule has 1 aliphatic carbocycles. The first-order chi connectivity index (χ1) is 22.3. The van der Waals surface area contributed by atoms with Crippen molar-refractivity contribution >= 4 is 23.4 Å². The summed E-state index contributed by atoms with van der Waals surface area (Å²) in [4.78, 5) is 19.3. The molecule has 6 rings (SSSR count). The van der Waals surface area contributed by atoms with Gasteiger partial charge in [0.2, 0.25) is 0 Å². The summed E-state index contributed by atoms with van der Waals surface area (Å²) in [7, 11) is 1.35. The van der Waals surface area contributed by atoms with E-state index in [4.69, 9.17) is 21.7 Å². The molecule has 1 aromatic heterocycles. The molecule has 0 spiro atoms. The van der Waals surface area contributed by atoms with E-state index in [1.807, 2.05) is 31.4 Å². The monoisotopic (exact) mass is 649 g/mol. The van der Waals surface area contributed by atoms with Crippen molar-refractivity contribution in [2.24, 2.45) is 17.8 Å². The summed E-state index contributed by atoms with van der Waals surface area (Å²) in [5, 5.41) is 10.4. The van der Waals surface area contributed by atoms with Gasteiger partial charge in [0.25, 0.3) is 0 Å². The lowest BCUT2D eigenvalue weighted by Gasteiger charge is -2.50. The van der Waals surface area contributed by atoms with Crippen LogP contribution in [0.4, 0.5) is 10.5 Å². The van der Waals surface area contributed by atoms with E-state index in [9.17, 15) is 4.79 Å². The van der Waals surface area contributed by atoms with Gasteiger partial charge in [-0.2, -0.15) is 0 Å². The molecule has 2 aliphatic heterocycles. The average molecular weight is 650 g/mol. The van der Waals surface area contributed by atoms with Crippen molar-refractivity contribution in [3.8, 4) is 0 Å². The molecule has 2 aromatic carbocycles. The van der Waals surface area contributed by atoms with Crippen LogP contribution in [-0.4, -0.2) is 65.4 Å². The molecular weight excluding hydrogens is 594 g/mol. The molecule has 2 N–H and O–H groups in total. The molecular formula is C38H56ClN5O2. The van der Waals surface area contributed by atoms with Gasteiger partial charge in [0.05, 0.1) is 0 Å². The quantitative estimate of drug-likeness (QED) is 0.244. The summed E-state index contributed by atoms with van der Waals surface area (Å²) in [6, 6.07) is 17.9. The van der Waals surface area contributed by atoms with E-state index in [2.05, 4.69) is 76.9 Å². The Morgan fingerprint density at radius 3 is 2.24 bits per heavy atom. The molecule has 3 heterocycles. The zero-order valence-electron chi connectivity index (χ0n) is 28.7. The van der Waals surface area contributed by atoms with Crippen LogP contribution in [0.2, 0.25) is 5.02 Å². The van der Waals surface area contributed by atoms with Gasteiger partial charge in [-0.1, -0.05) is 75.0 Å². The molecule has 3 fully saturated rings. The average Bonchev–Trinajstić information content (AvgIpc) is 3.76. The predicted molar refractivity (Wildman–Crippen MR) is 191 cm³/mol. The van der Waals surface area contributed by atoms with Gasteiger partial charge in [-0.05, 0) is 87.4 Å². The molecule has 1 saturated carbocycles. The van der Waals surface area contributed by atoms with Crippen LogP contribution in [0.25, 0.3) is 0 Å². The molecule has 1 unspecified atom stereocenters. The lowest BCUT2D eigenvalue weighted by Crippen LogP contribution is -2.54. The number of benzene rings is 2. The summed E-state index contributed by atoms with van der Waals surface area (Å²) in [6.07, 6.45) is 12.1. The fraction of sp³-hybridized carbons (Fsp3) is 0.579. The number of amides is 1. The molecule has 1 amide bonds. The van der Waals surface area contributed by atoms with Gasteiger partial charge in [0.15, 0.2) is 0 Å². The molecule has 46 heavy (non-hydrogen) atoms. The normalized spacial score (nSPS) is 18.9. The first-order valence-corrected chi connectivity index (χ1v) is 17.9. The Bertz CT molecular complexity index is 1340. The predicted octanol–water partition coefficient (Wildman–Crippen LogP) is 8.29. The van der Waals surface area contributed by atoms with E-state index in [0.717, 1.165) is 23.9 Å².